The van der Waals surface area contributed by atoms with Gasteiger partial charge in [0.05, 0.1) is 78.7 Å². The first-order valence-corrected chi connectivity index (χ1v) is 12.8. The highest BCUT2D eigenvalue weighted by molar-refractivity contribution is 5.87. The molecule has 1 saturated heterocycles. The van der Waals surface area contributed by atoms with E-state index in [9.17, 15) is 14.4 Å². The van der Waals surface area contributed by atoms with Crippen LogP contribution < -0.4 is 21.3 Å². The third kappa shape index (κ3) is 19.6. The van der Waals surface area contributed by atoms with E-state index in [0.717, 1.165) is 0 Å². The van der Waals surface area contributed by atoms with Crippen molar-refractivity contribution in [2.24, 2.45) is 0 Å². The molecular weight excluding hydrogens is 486 g/mol. The normalized spacial score (nSPS) is 18.5. The minimum atomic E-state index is -0.438. The Morgan fingerprint density at radius 3 is 1.70 bits per heavy atom. The Morgan fingerprint density at radius 1 is 0.730 bits per heavy atom. The molecule has 0 aromatic rings. The van der Waals surface area contributed by atoms with Gasteiger partial charge in [0.25, 0.3) is 0 Å². The van der Waals surface area contributed by atoms with Crippen molar-refractivity contribution in [3.63, 3.8) is 0 Å². The van der Waals surface area contributed by atoms with E-state index >= 15 is 0 Å². The fourth-order valence-corrected chi connectivity index (χ4v) is 3.08. The average Bonchev–Trinajstić information content (AvgIpc) is 2.89. The maximum absolute atomic E-state index is 12.4. The first kappa shape index (κ1) is 32.9. The van der Waals surface area contributed by atoms with Crippen LogP contribution in [0.15, 0.2) is 12.7 Å². The van der Waals surface area contributed by atoms with Crippen LogP contribution in [0.2, 0.25) is 0 Å². The Kier molecular flexibility index (Phi) is 20.5. The molecule has 4 N–H and O–H groups in total. The van der Waals surface area contributed by atoms with Crippen molar-refractivity contribution < 1.29 is 38.1 Å². The lowest BCUT2D eigenvalue weighted by Gasteiger charge is -2.22. The Morgan fingerprint density at radius 2 is 1.19 bits per heavy atom. The summed E-state index contributed by atoms with van der Waals surface area (Å²) in [7, 11) is 0. The minimum absolute atomic E-state index is 0.120. The van der Waals surface area contributed by atoms with Crippen molar-refractivity contribution in [2.45, 2.75) is 13.0 Å². The van der Waals surface area contributed by atoms with Crippen LogP contribution in [0.25, 0.3) is 0 Å². The molecule has 1 aliphatic rings. The number of rotatable bonds is 11. The number of ether oxygens (including phenoxy) is 5. The Bertz CT molecular complexity index is 622. The van der Waals surface area contributed by atoms with E-state index in [0.29, 0.717) is 105 Å². The van der Waals surface area contributed by atoms with Gasteiger partial charge in [0.15, 0.2) is 0 Å². The van der Waals surface area contributed by atoms with Gasteiger partial charge in [-0.15, -0.1) is 0 Å². The number of carbonyl (C=O) groups is 3. The van der Waals surface area contributed by atoms with E-state index in [-0.39, 0.29) is 24.3 Å². The maximum atomic E-state index is 12.4. The van der Waals surface area contributed by atoms with E-state index in [1.807, 2.05) is 4.90 Å². The lowest BCUT2D eigenvalue weighted by Crippen LogP contribution is -2.47. The zero-order valence-electron chi connectivity index (χ0n) is 22.1. The minimum Gasteiger partial charge on any atom is -0.378 e. The molecule has 0 saturated carbocycles. The fraction of sp³-hybridized carbons (Fsp3) is 0.792. The smallest absolute Gasteiger partial charge is 0.243 e. The van der Waals surface area contributed by atoms with Crippen LogP contribution in [0.4, 0.5) is 0 Å². The molecule has 1 aliphatic heterocycles. The number of hydrogen-bond donors (Lipinski definition) is 4. The summed E-state index contributed by atoms with van der Waals surface area (Å²) in [4.78, 5) is 37.6. The molecule has 0 radical (unpaired) electrons. The van der Waals surface area contributed by atoms with Crippen molar-refractivity contribution in [1.29, 1.82) is 0 Å². The van der Waals surface area contributed by atoms with Crippen LogP contribution in [0.5, 0.6) is 0 Å². The topological polar surface area (TPSA) is 149 Å². The van der Waals surface area contributed by atoms with Crippen LogP contribution >= 0.6 is 0 Å². The van der Waals surface area contributed by atoms with Gasteiger partial charge in [-0.3, -0.25) is 19.3 Å². The Balaban J connectivity index is 2.25. The van der Waals surface area contributed by atoms with Gasteiger partial charge in [-0.25, -0.2) is 0 Å². The standard InChI is InChI=1S/C24H45N5O8/c1-3-22(30)26-6-7-28-24(32)21(2)25-4-5-27-23(31)20-29-8-10-33-12-14-35-16-18-37-19-17-36-15-13-34-11-9-29/h3,21,25H,1,4-20H2,2H3,(H,26,30)(H,27,31)(H,28,32). The van der Waals surface area contributed by atoms with Crippen LogP contribution in [-0.4, -0.2) is 141 Å². The average molecular weight is 532 g/mol. The van der Waals surface area contributed by atoms with E-state index in [2.05, 4.69) is 27.8 Å². The van der Waals surface area contributed by atoms with Gasteiger partial charge in [-0.05, 0) is 13.0 Å². The number of hydrogen-bond acceptors (Lipinski definition) is 10. The third-order valence-corrected chi connectivity index (χ3v) is 5.16. The molecule has 3 amide bonds. The monoisotopic (exact) mass is 531 g/mol. The highest BCUT2D eigenvalue weighted by Crippen LogP contribution is 1.92. The predicted molar refractivity (Wildman–Crippen MR) is 137 cm³/mol. The van der Waals surface area contributed by atoms with Gasteiger partial charge in [0.2, 0.25) is 17.7 Å². The summed E-state index contributed by atoms with van der Waals surface area (Å²) in [5.41, 5.74) is 0. The van der Waals surface area contributed by atoms with Crippen LogP contribution in [0, 0.1) is 0 Å². The fourth-order valence-electron chi connectivity index (χ4n) is 3.08. The largest absolute Gasteiger partial charge is 0.378 e. The zero-order chi connectivity index (χ0) is 27.0. The second kappa shape index (κ2) is 23.0. The first-order chi connectivity index (χ1) is 18.0. The first-order valence-electron chi connectivity index (χ1n) is 12.8. The van der Waals surface area contributed by atoms with E-state index in [1.165, 1.54) is 6.08 Å². The molecule has 37 heavy (non-hydrogen) atoms. The summed E-state index contributed by atoms with van der Waals surface area (Å²) >= 11 is 0. The molecule has 0 aromatic heterocycles. The summed E-state index contributed by atoms with van der Waals surface area (Å²) in [5.74, 6) is -0.594. The van der Waals surface area contributed by atoms with Gasteiger partial charge in [-0.1, -0.05) is 6.58 Å². The van der Waals surface area contributed by atoms with Crippen molar-refractivity contribution >= 4 is 17.7 Å². The summed E-state index contributed by atoms with van der Waals surface area (Å²) < 4.78 is 27.6. The number of amides is 3. The maximum Gasteiger partial charge on any atom is 0.243 e. The van der Waals surface area contributed by atoms with Crippen LogP contribution in [-0.2, 0) is 38.1 Å². The molecule has 13 nitrogen and oxygen atoms in total. The number of nitrogens with zero attached hydrogens (tertiary/aromatic N) is 1. The molecule has 0 spiro atoms. The Hall–Kier alpha value is -2.13. The van der Waals surface area contributed by atoms with Crippen LogP contribution in [0.3, 0.4) is 0 Å². The third-order valence-electron chi connectivity index (χ3n) is 5.16. The van der Waals surface area contributed by atoms with Crippen molar-refractivity contribution in [3.05, 3.63) is 12.7 Å². The zero-order valence-corrected chi connectivity index (χ0v) is 22.1. The van der Waals surface area contributed by atoms with Gasteiger partial charge in [0, 0.05) is 39.3 Å². The molecule has 1 heterocycles. The van der Waals surface area contributed by atoms with Crippen molar-refractivity contribution in [1.82, 2.24) is 26.2 Å². The van der Waals surface area contributed by atoms with Crippen LogP contribution in [0.1, 0.15) is 6.92 Å². The summed E-state index contributed by atoms with van der Waals surface area (Å²) in [6.07, 6.45) is 1.18. The molecule has 0 bridgehead atoms. The number of nitrogens with one attached hydrogen (secondary N) is 4. The van der Waals surface area contributed by atoms with Gasteiger partial charge >= 0.3 is 0 Å². The molecule has 1 atom stereocenters. The molecule has 13 heteroatoms. The molecule has 1 fully saturated rings. The molecule has 0 aliphatic carbocycles. The summed E-state index contributed by atoms with van der Waals surface area (Å²) in [6.45, 7) is 12.8. The molecule has 214 valence electrons. The summed E-state index contributed by atoms with van der Waals surface area (Å²) in [5, 5.41) is 11.2. The molecule has 0 aromatic carbocycles. The second-order valence-corrected chi connectivity index (χ2v) is 8.15. The lowest BCUT2D eigenvalue weighted by atomic mass is 10.3. The summed E-state index contributed by atoms with van der Waals surface area (Å²) in [6, 6.07) is -0.438. The number of carbonyl (C=O) groups excluding carboxylic acids is 3. The SMILES string of the molecule is C=CC(=O)NCCNC(=O)C(C)NCCNC(=O)CN1CCOCCOCCOCCOCCOCC1. The van der Waals surface area contributed by atoms with Gasteiger partial charge < -0.3 is 45.0 Å². The quantitative estimate of drug-likeness (QED) is 0.173. The van der Waals surface area contributed by atoms with Gasteiger partial charge in [-0.2, -0.15) is 0 Å². The van der Waals surface area contributed by atoms with Crippen molar-refractivity contribution in [2.75, 3.05) is 112 Å². The second-order valence-electron chi connectivity index (χ2n) is 8.15. The highest BCUT2D eigenvalue weighted by atomic mass is 16.6. The van der Waals surface area contributed by atoms with Crippen molar-refractivity contribution in [3.8, 4) is 0 Å². The van der Waals surface area contributed by atoms with E-state index in [4.69, 9.17) is 23.7 Å². The Labute approximate surface area is 219 Å². The lowest BCUT2D eigenvalue weighted by molar-refractivity contribution is -0.123. The van der Waals surface area contributed by atoms with E-state index in [1.54, 1.807) is 6.92 Å². The molecule has 1 rings (SSSR count). The van der Waals surface area contributed by atoms with Gasteiger partial charge in [0.1, 0.15) is 0 Å². The predicted octanol–water partition coefficient (Wildman–Crippen LogP) is -2.10. The highest BCUT2D eigenvalue weighted by Gasteiger charge is 2.13. The molecular formula is C24H45N5O8. The molecule has 1 unspecified atom stereocenters. The van der Waals surface area contributed by atoms with E-state index < -0.39 is 6.04 Å².